The smallest absolute Gasteiger partial charge is 0.316 e. The molecule has 3 heterocycles. The maximum atomic E-state index is 12.6. The number of amides is 1. The zero-order valence-electron chi connectivity index (χ0n) is 14.3. The Bertz CT molecular complexity index is 785. The number of sulfone groups is 1. The van der Waals surface area contributed by atoms with E-state index in [9.17, 15) is 13.2 Å². The first-order valence-corrected chi connectivity index (χ1v) is 10.5. The van der Waals surface area contributed by atoms with Crippen molar-refractivity contribution >= 4 is 15.7 Å². The highest BCUT2D eigenvalue weighted by Gasteiger charge is 2.63. The van der Waals surface area contributed by atoms with Crippen LogP contribution in [-0.2, 0) is 14.6 Å². The summed E-state index contributed by atoms with van der Waals surface area (Å²) in [5.74, 6) is 0.283. The molecule has 1 aliphatic carbocycles. The van der Waals surface area contributed by atoms with Gasteiger partial charge in [-0.25, -0.2) is 18.4 Å². The van der Waals surface area contributed by atoms with Gasteiger partial charge >= 0.3 is 6.01 Å². The molecule has 0 radical (unpaired) electrons. The molecule has 0 aromatic carbocycles. The molecule has 0 N–H and O–H groups in total. The largest absolute Gasteiger partial charge is 0.463 e. The van der Waals surface area contributed by atoms with Crippen LogP contribution in [0, 0.1) is 18.8 Å². The summed E-state index contributed by atoms with van der Waals surface area (Å²) in [6.45, 7) is 2.75. The lowest BCUT2D eigenvalue weighted by Crippen LogP contribution is -2.69. The third-order valence-corrected chi connectivity index (χ3v) is 8.57. The third kappa shape index (κ3) is 2.70. The molecular formula is C17H23N3O4S. The molecule has 1 amide bonds. The van der Waals surface area contributed by atoms with Crippen molar-refractivity contribution in [1.29, 1.82) is 0 Å². The van der Waals surface area contributed by atoms with Crippen molar-refractivity contribution in [1.82, 2.24) is 14.9 Å². The van der Waals surface area contributed by atoms with Crippen molar-refractivity contribution in [2.75, 3.05) is 25.4 Å². The molecule has 2 aliphatic heterocycles. The van der Waals surface area contributed by atoms with Crippen LogP contribution in [0.1, 0.15) is 31.4 Å². The molecule has 3 aliphatic rings. The second-order valence-electron chi connectivity index (χ2n) is 7.48. The molecule has 0 unspecified atom stereocenters. The van der Waals surface area contributed by atoms with Gasteiger partial charge in [0.1, 0.15) is 4.75 Å². The Morgan fingerprint density at radius 3 is 2.76 bits per heavy atom. The highest BCUT2D eigenvalue weighted by molar-refractivity contribution is 7.93. The fourth-order valence-electron chi connectivity index (χ4n) is 4.05. The first kappa shape index (κ1) is 16.8. The third-order valence-electron chi connectivity index (χ3n) is 5.97. The molecule has 2 saturated heterocycles. The Balaban J connectivity index is 1.44. The number of rotatable bonds is 4. The van der Waals surface area contributed by atoms with Crippen LogP contribution < -0.4 is 4.74 Å². The number of ether oxygens (including phenoxy) is 1. The van der Waals surface area contributed by atoms with Gasteiger partial charge < -0.3 is 9.64 Å². The molecule has 3 fully saturated rings. The second-order valence-corrected chi connectivity index (χ2v) is 9.93. The average molecular weight is 365 g/mol. The van der Waals surface area contributed by atoms with Crippen LogP contribution in [0.3, 0.4) is 0 Å². The summed E-state index contributed by atoms with van der Waals surface area (Å²) in [7, 11) is -3.21. The Kier molecular flexibility index (Phi) is 3.97. The molecule has 7 nitrogen and oxygen atoms in total. The minimum absolute atomic E-state index is 0.108. The summed E-state index contributed by atoms with van der Waals surface area (Å²) < 4.78 is 30.1. The SMILES string of the molecule is Cc1ccnc(OC[C@@H]2CCS(=O)(=O)C23CN(C(=O)C2CCC2)C3)n1. The predicted octanol–water partition coefficient (Wildman–Crippen LogP) is 0.980. The molecule has 0 bridgehead atoms. The van der Waals surface area contributed by atoms with Gasteiger partial charge in [0.15, 0.2) is 9.84 Å². The van der Waals surface area contributed by atoms with Crippen LogP contribution in [0.5, 0.6) is 6.01 Å². The number of carbonyl (C=O) groups excluding carboxylic acids is 1. The van der Waals surface area contributed by atoms with Gasteiger partial charge in [-0.15, -0.1) is 0 Å². The predicted molar refractivity (Wildman–Crippen MR) is 90.8 cm³/mol. The molecule has 1 aromatic heterocycles. The topological polar surface area (TPSA) is 89.5 Å². The lowest BCUT2D eigenvalue weighted by atomic mass is 9.79. The number of aryl methyl sites for hydroxylation is 1. The number of aromatic nitrogens is 2. The van der Waals surface area contributed by atoms with Crippen molar-refractivity contribution in [2.45, 2.75) is 37.4 Å². The number of nitrogens with zero attached hydrogens (tertiary/aromatic N) is 3. The van der Waals surface area contributed by atoms with Crippen molar-refractivity contribution in [2.24, 2.45) is 11.8 Å². The maximum absolute atomic E-state index is 12.6. The molecule has 25 heavy (non-hydrogen) atoms. The van der Waals surface area contributed by atoms with Crippen LogP contribution in [0.2, 0.25) is 0 Å². The number of carbonyl (C=O) groups is 1. The van der Waals surface area contributed by atoms with Gasteiger partial charge in [0.2, 0.25) is 5.91 Å². The zero-order chi connectivity index (χ0) is 17.7. The fourth-order valence-corrected chi connectivity index (χ4v) is 6.45. The van der Waals surface area contributed by atoms with Crippen LogP contribution in [0.25, 0.3) is 0 Å². The van der Waals surface area contributed by atoms with Gasteiger partial charge in [-0.3, -0.25) is 4.79 Å². The Hall–Kier alpha value is -1.70. The normalized spacial score (nSPS) is 26.9. The Labute approximate surface area is 147 Å². The van der Waals surface area contributed by atoms with Crippen molar-refractivity contribution < 1.29 is 17.9 Å². The van der Waals surface area contributed by atoms with Crippen molar-refractivity contribution in [3.63, 3.8) is 0 Å². The van der Waals surface area contributed by atoms with Crippen LogP contribution in [0.4, 0.5) is 0 Å². The first-order valence-electron chi connectivity index (χ1n) is 8.85. The average Bonchev–Trinajstić information content (AvgIpc) is 2.72. The number of hydrogen-bond acceptors (Lipinski definition) is 6. The van der Waals surface area contributed by atoms with Crippen LogP contribution in [0.15, 0.2) is 12.3 Å². The maximum Gasteiger partial charge on any atom is 0.316 e. The highest BCUT2D eigenvalue weighted by atomic mass is 32.2. The summed E-state index contributed by atoms with van der Waals surface area (Å²) in [5.41, 5.74) is 0.805. The summed E-state index contributed by atoms with van der Waals surface area (Å²) in [6, 6.07) is 2.06. The second kappa shape index (κ2) is 5.93. The summed E-state index contributed by atoms with van der Waals surface area (Å²) in [4.78, 5) is 22.4. The zero-order valence-corrected chi connectivity index (χ0v) is 15.2. The lowest BCUT2D eigenvalue weighted by Gasteiger charge is -2.51. The quantitative estimate of drug-likeness (QED) is 0.790. The number of hydrogen-bond donors (Lipinski definition) is 0. The standard InChI is InChI=1S/C17H23N3O4S/c1-12-5-7-18-16(19-12)24-9-14-6-8-25(22,23)17(14)10-20(11-17)15(21)13-3-2-4-13/h5,7,13-14H,2-4,6,8-11H2,1H3/t14-/m0/s1. The monoisotopic (exact) mass is 365 g/mol. The summed E-state index contributed by atoms with van der Waals surface area (Å²) in [6.07, 6.45) is 5.17. The lowest BCUT2D eigenvalue weighted by molar-refractivity contribution is -0.144. The molecule has 4 rings (SSSR count). The highest BCUT2D eigenvalue weighted by Crippen LogP contribution is 2.46. The molecule has 8 heteroatoms. The van der Waals surface area contributed by atoms with Crippen molar-refractivity contribution in [3.8, 4) is 6.01 Å². The number of likely N-dealkylation sites (tertiary alicyclic amines) is 1. The van der Waals surface area contributed by atoms with E-state index in [0.717, 1.165) is 25.0 Å². The molecule has 1 aromatic rings. The Morgan fingerprint density at radius 1 is 1.36 bits per heavy atom. The van der Waals surface area contributed by atoms with Crippen LogP contribution in [-0.4, -0.2) is 59.4 Å². The van der Waals surface area contributed by atoms with E-state index < -0.39 is 14.6 Å². The molecular weight excluding hydrogens is 342 g/mol. The van der Waals surface area contributed by atoms with Crippen LogP contribution >= 0.6 is 0 Å². The van der Waals surface area contributed by atoms with E-state index in [1.807, 2.05) is 6.92 Å². The van der Waals surface area contributed by atoms with Gasteiger partial charge in [0.25, 0.3) is 0 Å². The van der Waals surface area contributed by atoms with E-state index in [2.05, 4.69) is 9.97 Å². The summed E-state index contributed by atoms with van der Waals surface area (Å²) >= 11 is 0. The van der Waals surface area contributed by atoms with Gasteiger partial charge in [-0.05, 0) is 32.3 Å². The molecule has 1 spiro atoms. The Morgan fingerprint density at radius 2 is 2.12 bits per heavy atom. The van der Waals surface area contributed by atoms with E-state index in [0.29, 0.717) is 19.5 Å². The van der Waals surface area contributed by atoms with Gasteiger partial charge in [0.05, 0.1) is 12.4 Å². The first-order chi connectivity index (χ1) is 11.9. The minimum atomic E-state index is -3.21. The molecule has 1 saturated carbocycles. The van der Waals surface area contributed by atoms with E-state index in [4.69, 9.17) is 4.74 Å². The van der Waals surface area contributed by atoms with E-state index in [1.54, 1.807) is 17.2 Å². The van der Waals surface area contributed by atoms with Gasteiger partial charge in [-0.2, -0.15) is 0 Å². The van der Waals surface area contributed by atoms with Crippen molar-refractivity contribution in [3.05, 3.63) is 18.0 Å². The van der Waals surface area contributed by atoms with Gasteiger partial charge in [-0.1, -0.05) is 6.42 Å². The fraction of sp³-hybridized carbons (Fsp3) is 0.706. The summed E-state index contributed by atoms with van der Waals surface area (Å²) in [5, 5.41) is 0. The molecule has 1 atom stereocenters. The molecule has 136 valence electrons. The van der Waals surface area contributed by atoms with E-state index in [1.165, 1.54) is 0 Å². The van der Waals surface area contributed by atoms with Gasteiger partial charge in [0, 0.05) is 36.8 Å². The minimum Gasteiger partial charge on any atom is -0.463 e. The van der Waals surface area contributed by atoms with E-state index >= 15 is 0 Å². The van der Waals surface area contributed by atoms with E-state index in [-0.39, 0.29) is 36.1 Å².